The van der Waals surface area contributed by atoms with Crippen LogP contribution in [0.25, 0.3) is 0 Å². The zero-order valence-electron chi connectivity index (χ0n) is 14.9. The number of carbonyl (C=O) groups excluding carboxylic acids is 1. The maximum Gasteiger partial charge on any atom is 0.573 e. The molecule has 0 saturated carbocycles. The van der Waals surface area contributed by atoms with Gasteiger partial charge in [-0.25, -0.2) is 0 Å². The number of piperidine rings is 1. The number of rotatable bonds is 5. The highest BCUT2D eigenvalue weighted by atomic mass is 35.5. The average molecular weight is 414 g/mol. The Morgan fingerprint density at radius 1 is 1.18 bits per heavy atom. The van der Waals surface area contributed by atoms with E-state index in [0.717, 1.165) is 12.8 Å². The van der Waals surface area contributed by atoms with Crippen molar-refractivity contribution in [3.63, 3.8) is 0 Å². The summed E-state index contributed by atoms with van der Waals surface area (Å²) < 4.78 is 46.8. The number of benzene rings is 2. The number of carbonyl (C=O) groups is 1. The number of likely N-dealkylation sites (tertiary alicyclic amines) is 1. The van der Waals surface area contributed by atoms with Crippen molar-refractivity contribution in [3.8, 4) is 5.75 Å². The molecule has 1 fully saturated rings. The van der Waals surface area contributed by atoms with Gasteiger partial charge in [-0.1, -0.05) is 29.8 Å². The zero-order chi connectivity index (χ0) is 20.1. The van der Waals surface area contributed by atoms with Gasteiger partial charge in [0.1, 0.15) is 5.75 Å². The fourth-order valence-electron chi connectivity index (χ4n) is 3.11. The van der Waals surface area contributed by atoms with E-state index in [0.29, 0.717) is 29.2 Å². The molecule has 0 spiro atoms. The SMILES string of the molecule is O=C(c1cccc(Cl)c1)N1CCCC(OCc2cccc(OC(F)(F)F)c2)C1. The van der Waals surface area contributed by atoms with Crippen LogP contribution in [0.2, 0.25) is 5.02 Å². The maximum atomic E-state index is 12.6. The molecular formula is C20H19ClF3NO3. The quantitative estimate of drug-likeness (QED) is 0.687. The monoisotopic (exact) mass is 413 g/mol. The van der Waals surface area contributed by atoms with E-state index >= 15 is 0 Å². The molecule has 2 aromatic rings. The van der Waals surface area contributed by atoms with Crippen LogP contribution in [0.15, 0.2) is 48.5 Å². The predicted molar refractivity (Wildman–Crippen MR) is 98.3 cm³/mol. The molecule has 3 rings (SSSR count). The zero-order valence-corrected chi connectivity index (χ0v) is 15.7. The molecule has 8 heteroatoms. The molecular weight excluding hydrogens is 395 g/mol. The number of nitrogens with zero attached hydrogens (tertiary/aromatic N) is 1. The summed E-state index contributed by atoms with van der Waals surface area (Å²) in [4.78, 5) is 14.3. The first-order valence-corrected chi connectivity index (χ1v) is 9.19. The molecule has 0 radical (unpaired) electrons. The molecule has 1 heterocycles. The Morgan fingerprint density at radius 3 is 2.71 bits per heavy atom. The van der Waals surface area contributed by atoms with Gasteiger partial charge in [0.25, 0.3) is 5.91 Å². The Bertz CT molecular complexity index is 828. The van der Waals surface area contributed by atoms with E-state index in [1.807, 2.05) is 0 Å². The standard InChI is InChI=1S/C20H19ClF3NO3/c21-16-6-2-5-15(11-16)19(26)25-9-3-8-18(12-25)27-13-14-4-1-7-17(10-14)28-20(22,23)24/h1-2,4-7,10-11,18H,3,8-9,12-13H2. The summed E-state index contributed by atoms with van der Waals surface area (Å²) in [5.41, 5.74) is 1.09. The van der Waals surface area contributed by atoms with Gasteiger partial charge in [0, 0.05) is 23.7 Å². The summed E-state index contributed by atoms with van der Waals surface area (Å²) in [5, 5.41) is 0.497. The van der Waals surface area contributed by atoms with Crippen molar-refractivity contribution in [2.75, 3.05) is 13.1 Å². The molecule has 0 N–H and O–H groups in total. The number of ether oxygens (including phenoxy) is 2. The first-order valence-electron chi connectivity index (χ1n) is 8.81. The minimum Gasteiger partial charge on any atom is -0.406 e. The second kappa shape index (κ2) is 8.84. The molecule has 28 heavy (non-hydrogen) atoms. The van der Waals surface area contributed by atoms with E-state index < -0.39 is 6.36 Å². The third-order valence-corrected chi connectivity index (χ3v) is 4.59. The summed E-state index contributed by atoms with van der Waals surface area (Å²) in [6, 6.07) is 12.5. The van der Waals surface area contributed by atoms with Crippen LogP contribution in [0, 0.1) is 0 Å². The first-order chi connectivity index (χ1) is 13.3. The summed E-state index contributed by atoms with van der Waals surface area (Å²) in [6.07, 6.45) is -3.36. The third-order valence-electron chi connectivity index (χ3n) is 4.35. The summed E-state index contributed by atoms with van der Waals surface area (Å²) in [5.74, 6) is -0.397. The molecule has 1 saturated heterocycles. The molecule has 0 aromatic heterocycles. The highest BCUT2D eigenvalue weighted by Gasteiger charge is 2.31. The molecule has 2 aromatic carbocycles. The van der Waals surface area contributed by atoms with Crippen LogP contribution in [0.1, 0.15) is 28.8 Å². The van der Waals surface area contributed by atoms with Gasteiger partial charge in [-0.15, -0.1) is 13.2 Å². The lowest BCUT2D eigenvalue weighted by Crippen LogP contribution is -2.43. The van der Waals surface area contributed by atoms with Crippen LogP contribution < -0.4 is 4.74 Å². The number of hydrogen-bond acceptors (Lipinski definition) is 3. The van der Waals surface area contributed by atoms with Crippen molar-refractivity contribution in [3.05, 3.63) is 64.7 Å². The molecule has 150 valence electrons. The van der Waals surface area contributed by atoms with Crippen molar-refractivity contribution in [1.29, 1.82) is 0 Å². The Morgan fingerprint density at radius 2 is 1.96 bits per heavy atom. The lowest BCUT2D eigenvalue weighted by Gasteiger charge is -2.32. The largest absolute Gasteiger partial charge is 0.573 e. The van der Waals surface area contributed by atoms with E-state index in [-0.39, 0.29) is 24.4 Å². The van der Waals surface area contributed by atoms with Gasteiger partial charge in [0.05, 0.1) is 12.7 Å². The number of halogens is 4. The summed E-state index contributed by atoms with van der Waals surface area (Å²) in [7, 11) is 0. The van der Waals surface area contributed by atoms with Crippen LogP contribution in [-0.2, 0) is 11.3 Å². The van der Waals surface area contributed by atoms with Gasteiger partial charge in [-0.3, -0.25) is 4.79 Å². The van der Waals surface area contributed by atoms with Crippen molar-refractivity contribution in [2.45, 2.75) is 31.9 Å². The van der Waals surface area contributed by atoms with E-state index in [9.17, 15) is 18.0 Å². The van der Waals surface area contributed by atoms with E-state index in [1.165, 1.54) is 18.2 Å². The van der Waals surface area contributed by atoms with Gasteiger partial charge >= 0.3 is 6.36 Å². The van der Waals surface area contributed by atoms with Crippen LogP contribution in [0.4, 0.5) is 13.2 Å². The second-order valence-corrected chi connectivity index (χ2v) is 6.97. The average Bonchev–Trinajstić information content (AvgIpc) is 2.65. The topological polar surface area (TPSA) is 38.8 Å². The van der Waals surface area contributed by atoms with E-state index in [2.05, 4.69) is 4.74 Å². The number of alkyl halides is 3. The Balaban J connectivity index is 1.57. The lowest BCUT2D eigenvalue weighted by atomic mass is 10.1. The third kappa shape index (κ3) is 5.87. The molecule has 0 aliphatic carbocycles. The molecule has 1 atom stereocenters. The van der Waals surface area contributed by atoms with E-state index in [4.69, 9.17) is 16.3 Å². The van der Waals surface area contributed by atoms with Crippen LogP contribution in [-0.4, -0.2) is 36.4 Å². The maximum absolute atomic E-state index is 12.6. The minimum atomic E-state index is -4.73. The molecule has 1 unspecified atom stereocenters. The molecule has 4 nitrogen and oxygen atoms in total. The molecule has 0 bridgehead atoms. The van der Waals surface area contributed by atoms with Gasteiger partial charge in [0.2, 0.25) is 0 Å². The van der Waals surface area contributed by atoms with Crippen LogP contribution >= 0.6 is 11.6 Å². The fraction of sp³-hybridized carbons (Fsp3) is 0.350. The fourth-order valence-corrected chi connectivity index (χ4v) is 3.30. The van der Waals surface area contributed by atoms with E-state index in [1.54, 1.807) is 35.2 Å². The van der Waals surface area contributed by atoms with Gasteiger partial charge in [-0.05, 0) is 48.7 Å². The van der Waals surface area contributed by atoms with Crippen molar-refractivity contribution in [2.24, 2.45) is 0 Å². The van der Waals surface area contributed by atoms with Crippen molar-refractivity contribution >= 4 is 17.5 Å². The predicted octanol–water partition coefficient (Wildman–Crippen LogP) is 5.06. The molecule has 1 aliphatic rings. The van der Waals surface area contributed by atoms with Gasteiger partial charge in [-0.2, -0.15) is 0 Å². The highest BCUT2D eigenvalue weighted by molar-refractivity contribution is 6.30. The number of hydrogen-bond donors (Lipinski definition) is 0. The smallest absolute Gasteiger partial charge is 0.406 e. The Hall–Kier alpha value is -2.25. The summed E-state index contributed by atoms with van der Waals surface area (Å²) in [6.45, 7) is 1.18. The molecule has 1 amide bonds. The second-order valence-electron chi connectivity index (χ2n) is 6.53. The van der Waals surface area contributed by atoms with Crippen LogP contribution in [0.5, 0.6) is 5.75 Å². The normalized spacial score (nSPS) is 17.4. The minimum absolute atomic E-state index is 0.114. The van der Waals surface area contributed by atoms with Gasteiger partial charge in [0.15, 0.2) is 0 Å². The lowest BCUT2D eigenvalue weighted by molar-refractivity contribution is -0.274. The Labute approximate surface area is 165 Å². The van der Waals surface area contributed by atoms with Crippen molar-refractivity contribution in [1.82, 2.24) is 4.90 Å². The van der Waals surface area contributed by atoms with Crippen LogP contribution in [0.3, 0.4) is 0 Å². The van der Waals surface area contributed by atoms with Gasteiger partial charge < -0.3 is 14.4 Å². The highest BCUT2D eigenvalue weighted by Crippen LogP contribution is 2.24. The van der Waals surface area contributed by atoms with Crippen molar-refractivity contribution < 1.29 is 27.4 Å². The first kappa shape index (κ1) is 20.5. The number of amides is 1. The molecule has 1 aliphatic heterocycles. The Kier molecular flexibility index (Phi) is 6.46. The summed E-state index contributed by atoms with van der Waals surface area (Å²) >= 11 is 5.95.